The molecular weight excluding hydrogens is 428 g/mol. The first-order chi connectivity index (χ1) is 14.0. The van der Waals surface area contributed by atoms with Crippen molar-refractivity contribution in [1.29, 1.82) is 5.41 Å². The van der Waals surface area contributed by atoms with Crippen LogP contribution in [0.5, 0.6) is 0 Å². The van der Waals surface area contributed by atoms with Gasteiger partial charge in [-0.2, -0.15) is 17.5 Å². The summed E-state index contributed by atoms with van der Waals surface area (Å²) in [5.74, 6) is -2.77. The molecule has 2 aromatic rings. The third-order valence-electron chi connectivity index (χ3n) is 5.33. The fourth-order valence-corrected chi connectivity index (χ4v) is 5.72. The summed E-state index contributed by atoms with van der Waals surface area (Å²) >= 11 is 0. The van der Waals surface area contributed by atoms with E-state index < -0.39 is 62.1 Å². The molecule has 1 fully saturated rings. The Hall–Kier alpha value is -2.70. The minimum absolute atomic E-state index is 0.170. The van der Waals surface area contributed by atoms with Gasteiger partial charge in [-0.05, 0) is 23.8 Å². The number of Topliss-reactive ketones (excluding diaryl/α,β-unsaturated/α-hetero) is 1. The third-order valence-corrected chi connectivity index (χ3v) is 7.16. The number of nitrogens with two attached hydrogens (primary N) is 1. The number of sulfonamides is 1. The van der Waals surface area contributed by atoms with Gasteiger partial charge in [0.05, 0.1) is 11.8 Å². The largest absolute Gasteiger partial charge is 0.433 e. The Balaban J connectivity index is 1.89. The average Bonchev–Trinajstić information content (AvgIpc) is 3.00. The number of fused-ring (bicyclic) bond motifs is 5. The molecule has 2 bridgehead atoms. The molecule has 0 aliphatic carbocycles. The second kappa shape index (κ2) is 6.65. The van der Waals surface area contributed by atoms with E-state index in [-0.39, 0.29) is 17.7 Å². The fraction of sp³-hybridized carbons (Fsp3) is 0.278. The number of halogens is 4. The van der Waals surface area contributed by atoms with Gasteiger partial charge in [0.15, 0.2) is 5.78 Å². The van der Waals surface area contributed by atoms with Crippen LogP contribution in [0.4, 0.5) is 17.6 Å². The van der Waals surface area contributed by atoms with E-state index in [1.54, 1.807) is 0 Å². The van der Waals surface area contributed by atoms with Crippen molar-refractivity contribution < 1.29 is 30.8 Å². The Morgan fingerprint density at radius 2 is 1.90 bits per heavy atom. The number of rotatable bonds is 3. The van der Waals surface area contributed by atoms with Crippen molar-refractivity contribution in [1.82, 2.24) is 9.29 Å². The van der Waals surface area contributed by atoms with Gasteiger partial charge in [0.2, 0.25) is 10.0 Å². The normalized spacial score (nSPS) is 24.2. The highest BCUT2D eigenvalue weighted by atomic mass is 32.2. The molecular formula is C18H14F4N4O3S. The van der Waals surface area contributed by atoms with Crippen LogP contribution in [0.3, 0.4) is 0 Å². The monoisotopic (exact) mass is 442 g/mol. The summed E-state index contributed by atoms with van der Waals surface area (Å²) in [5, 5.41) is 8.08. The van der Waals surface area contributed by atoms with Gasteiger partial charge in [0, 0.05) is 24.2 Å². The van der Waals surface area contributed by atoms with Gasteiger partial charge >= 0.3 is 6.18 Å². The lowest BCUT2D eigenvalue weighted by atomic mass is 9.87. The molecule has 2 aliphatic heterocycles. The zero-order chi connectivity index (χ0) is 22.0. The lowest BCUT2D eigenvalue weighted by molar-refractivity contribution is -0.141. The first-order valence-corrected chi connectivity index (χ1v) is 10.1. The predicted molar refractivity (Wildman–Crippen MR) is 95.4 cm³/mol. The van der Waals surface area contributed by atoms with Crippen molar-refractivity contribution in [3.63, 3.8) is 0 Å². The Bertz CT molecular complexity index is 1160. The van der Waals surface area contributed by atoms with Gasteiger partial charge in [0.1, 0.15) is 22.4 Å². The number of nitrogens with one attached hydrogen (secondary N) is 1. The standard InChI is InChI=1S/C18H14F4N4O3S/c19-11-3-1-2-9-13(11)16-17(27)14(24)10(6-23)15(9)26(16)30(28,29)8-4-5-12(25-7-8)18(20,21)22/h1-5,7,10,15-16,24H,6,23H2. The van der Waals surface area contributed by atoms with Crippen LogP contribution in [0.2, 0.25) is 0 Å². The molecule has 3 N–H and O–H groups in total. The van der Waals surface area contributed by atoms with E-state index in [4.69, 9.17) is 11.1 Å². The molecule has 0 radical (unpaired) electrons. The zero-order valence-corrected chi connectivity index (χ0v) is 15.8. The van der Waals surface area contributed by atoms with Gasteiger partial charge in [0.25, 0.3) is 0 Å². The number of hydrogen-bond donors (Lipinski definition) is 2. The molecule has 3 atom stereocenters. The molecule has 1 saturated heterocycles. The van der Waals surface area contributed by atoms with Crippen molar-refractivity contribution in [3.05, 3.63) is 59.2 Å². The van der Waals surface area contributed by atoms with Gasteiger partial charge in [-0.1, -0.05) is 12.1 Å². The number of nitrogens with zero attached hydrogens (tertiary/aromatic N) is 2. The van der Waals surface area contributed by atoms with Crippen LogP contribution >= 0.6 is 0 Å². The lowest BCUT2D eigenvalue weighted by Crippen LogP contribution is -2.51. The van der Waals surface area contributed by atoms with E-state index in [0.29, 0.717) is 12.3 Å². The topological polar surface area (TPSA) is 117 Å². The molecule has 158 valence electrons. The predicted octanol–water partition coefficient (Wildman–Crippen LogP) is 2.20. The highest BCUT2D eigenvalue weighted by Gasteiger charge is 2.58. The number of pyridine rings is 1. The quantitative estimate of drug-likeness (QED) is 0.707. The minimum Gasteiger partial charge on any atom is -0.330 e. The number of carbonyl (C=O) groups is 1. The molecule has 2 aliphatic rings. The number of alkyl halides is 3. The Labute approximate surface area is 168 Å². The van der Waals surface area contributed by atoms with Crippen LogP contribution in [0.25, 0.3) is 0 Å². The number of ketones is 1. The molecule has 0 amide bonds. The maximum atomic E-state index is 14.6. The number of benzene rings is 1. The maximum absolute atomic E-state index is 14.6. The first-order valence-electron chi connectivity index (χ1n) is 8.68. The number of hydrogen-bond acceptors (Lipinski definition) is 6. The summed E-state index contributed by atoms with van der Waals surface area (Å²) in [5.41, 5.74) is 4.04. The minimum atomic E-state index is -4.76. The molecule has 0 spiro atoms. The molecule has 4 rings (SSSR count). The maximum Gasteiger partial charge on any atom is 0.433 e. The van der Waals surface area contributed by atoms with E-state index in [0.717, 1.165) is 16.4 Å². The van der Waals surface area contributed by atoms with Crippen molar-refractivity contribution in [2.45, 2.75) is 23.2 Å². The Morgan fingerprint density at radius 1 is 1.20 bits per heavy atom. The highest BCUT2D eigenvalue weighted by Crippen LogP contribution is 2.53. The third kappa shape index (κ3) is 2.78. The van der Waals surface area contributed by atoms with Gasteiger partial charge in [-0.15, -0.1) is 0 Å². The number of aromatic nitrogens is 1. The molecule has 1 aromatic carbocycles. The van der Waals surface area contributed by atoms with Crippen LogP contribution in [0, 0.1) is 17.1 Å². The van der Waals surface area contributed by atoms with Gasteiger partial charge < -0.3 is 11.1 Å². The fourth-order valence-electron chi connectivity index (χ4n) is 4.01. The Morgan fingerprint density at radius 3 is 2.47 bits per heavy atom. The summed E-state index contributed by atoms with van der Waals surface area (Å²) in [6, 6.07) is 2.34. The average molecular weight is 442 g/mol. The molecule has 12 heteroatoms. The van der Waals surface area contributed by atoms with Crippen molar-refractivity contribution in [3.8, 4) is 0 Å². The van der Waals surface area contributed by atoms with Crippen LogP contribution in [0.15, 0.2) is 41.4 Å². The molecule has 1 aromatic heterocycles. The molecule has 3 unspecified atom stereocenters. The number of piperidine rings is 1. The Kier molecular flexibility index (Phi) is 4.56. The lowest BCUT2D eigenvalue weighted by Gasteiger charge is -2.38. The summed E-state index contributed by atoms with van der Waals surface area (Å²) < 4.78 is 80.3. The van der Waals surface area contributed by atoms with E-state index in [1.807, 2.05) is 0 Å². The molecule has 0 saturated carbocycles. The van der Waals surface area contributed by atoms with Gasteiger partial charge in [-0.25, -0.2) is 12.8 Å². The van der Waals surface area contributed by atoms with Crippen molar-refractivity contribution in [2.75, 3.05) is 6.54 Å². The second-order valence-corrected chi connectivity index (χ2v) is 8.77. The SMILES string of the molecule is N=C1C(=O)C2c3c(F)cccc3C(C1CN)N2S(=O)(=O)c1ccc(C(F)(F)F)nc1. The molecule has 3 heterocycles. The summed E-state index contributed by atoms with van der Waals surface area (Å²) in [6.07, 6.45) is -4.22. The summed E-state index contributed by atoms with van der Waals surface area (Å²) in [7, 11) is -4.58. The van der Waals surface area contributed by atoms with Crippen LogP contribution in [0.1, 0.15) is 28.9 Å². The van der Waals surface area contributed by atoms with Crippen LogP contribution in [-0.4, -0.2) is 35.7 Å². The smallest absolute Gasteiger partial charge is 0.330 e. The summed E-state index contributed by atoms with van der Waals surface area (Å²) in [4.78, 5) is 15.4. The zero-order valence-electron chi connectivity index (χ0n) is 15.0. The van der Waals surface area contributed by atoms with Crippen molar-refractivity contribution >= 4 is 21.5 Å². The van der Waals surface area contributed by atoms with Gasteiger partial charge in [-0.3, -0.25) is 9.78 Å². The van der Waals surface area contributed by atoms with Crippen molar-refractivity contribution in [2.24, 2.45) is 11.7 Å². The number of carbonyl (C=O) groups excluding carboxylic acids is 1. The van der Waals surface area contributed by atoms with E-state index in [1.165, 1.54) is 12.1 Å². The molecule has 30 heavy (non-hydrogen) atoms. The second-order valence-electron chi connectivity index (χ2n) is 6.92. The molecule has 7 nitrogen and oxygen atoms in total. The van der Waals surface area contributed by atoms with E-state index in [2.05, 4.69) is 4.98 Å². The highest BCUT2D eigenvalue weighted by molar-refractivity contribution is 7.89. The van der Waals surface area contributed by atoms with Crippen LogP contribution < -0.4 is 5.73 Å². The first kappa shape index (κ1) is 20.6. The van der Waals surface area contributed by atoms with E-state index >= 15 is 0 Å². The summed E-state index contributed by atoms with van der Waals surface area (Å²) in [6.45, 7) is -0.255. The van der Waals surface area contributed by atoms with Crippen LogP contribution in [-0.2, 0) is 21.0 Å². The van der Waals surface area contributed by atoms with E-state index in [9.17, 15) is 30.8 Å².